The molecule has 0 aromatic heterocycles. The van der Waals surface area contributed by atoms with Crippen LogP contribution in [0.15, 0.2) is 54.6 Å². The lowest BCUT2D eigenvalue weighted by Crippen LogP contribution is -2.33. The molecule has 5 nitrogen and oxygen atoms in total. The van der Waals surface area contributed by atoms with Gasteiger partial charge in [-0.05, 0) is 24.3 Å². The molecule has 2 aromatic carbocycles. The molecule has 0 heterocycles. The van der Waals surface area contributed by atoms with Crippen molar-refractivity contribution in [3.8, 4) is 5.75 Å². The number of hydrogen-bond donors (Lipinski definition) is 4. The molecule has 0 atom stereocenters. The lowest BCUT2D eigenvalue weighted by Gasteiger charge is -2.09. The number of aromatic hydroxyl groups is 1. The van der Waals surface area contributed by atoms with Crippen molar-refractivity contribution in [2.75, 3.05) is 10.7 Å². The SMILES string of the molecule is O=C(NNc1cccc(O)c1)Nc1ccccc1. The molecule has 0 saturated heterocycles. The lowest BCUT2D eigenvalue weighted by atomic mass is 10.3. The monoisotopic (exact) mass is 243 g/mol. The van der Waals surface area contributed by atoms with Gasteiger partial charge in [-0.2, -0.15) is 0 Å². The minimum absolute atomic E-state index is 0.130. The van der Waals surface area contributed by atoms with Crippen molar-refractivity contribution >= 4 is 17.4 Å². The zero-order valence-electron chi connectivity index (χ0n) is 9.55. The third kappa shape index (κ3) is 3.41. The molecule has 0 saturated carbocycles. The first-order valence-corrected chi connectivity index (χ1v) is 5.41. The summed E-state index contributed by atoms with van der Waals surface area (Å²) in [4.78, 5) is 11.5. The van der Waals surface area contributed by atoms with E-state index in [1.165, 1.54) is 6.07 Å². The maximum atomic E-state index is 11.5. The molecule has 2 aromatic rings. The molecule has 0 radical (unpaired) electrons. The molecular weight excluding hydrogens is 230 g/mol. The van der Waals surface area contributed by atoms with E-state index in [1.807, 2.05) is 18.2 Å². The number of anilines is 2. The standard InChI is InChI=1S/C13H13N3O2/c17-12-8-4-7-11(9-12)15-16-13(18)14-10-5-2-1-3-6-10/h1-9,15,17H,(H2,14,16,18). The van der Waals surface area contributed by atoms with E-state index >= 15 is 0 Å². The molecule has 0 unspecified atom stereocenters. The normalized spacial score (nSPS) is 9.56. The Balaban J connectivity index is 1.85. The van der Waals surface area contributed by atoms with Crippen LogP contribution < -0.4 is 16.2 Å². The Morgan fingerprint density at radius 1 is 0.944 bits per heavy atom. The Hall–Kier alpha value is -2.69. The first-order valence-electron chi connectivity index (χ1n) is 5.41. The molecule has 0 aliphatic carbocycles. The van der Waals surface area contributed by atoms with Crippen LogP contribution in [0.25, 0.3) is 0 Å². The lowest BCUT2D eigenvalue weighted by molar-refractivity contribution is 0.254. The van der Waals surface area contributed by atoms with Gasteiger partial charge in [-0.3, -0.25) is 10.9 Å². The van der Waals surface area contributed by atoms with E-state index in [4.69, 9.17) is 0 Å². The first kappa shape index (κ1) is 11.8. The van der Waals surface area contributed by atoms with Crippen LogP contribution in [-0.2, 0) is 0 Å². The Morgan fingerprint density at radius 3 is 2.39 bits per heavy atom. The van der Waals surface area contributed by atoms with E-state index in [-0.39, 0.29) is 11.8 Å². The third-order valence-electron chi connectivity index (χ3n) is 2.20. The third-order valence-corrected chi connectivity index (χ3v) is 2.20. The predicted molar refractivity (Wildman–Crippen MR) is 70.3 cm³/mol. The largest absolute Gasteiger partial charge is 0.508 e. The summed E-state index contributed by atoms with van der Waals surface area (Å²) in [5.41, 5.74) is 6.44. The molecule has 0 aliphatic heterocycles. The van der Waals surface area contributed by atoms with Crippen LogP contribution in [0, 0.1) is 0 Å². The Labute approximate surface area is 104 Å². The number of urea groups is 1. The van der Waals surface area contributed by atoms with Crippen LogP contribution in [0.3, 0.4) is 0 Å². The van der Waals surface area contributed by atoms with Crippen molar-refractivity contribution in [1.82, 2.24) is 5.43 Å². The van der Waals surface area contributed by atoms with E-state index in [1.54, 1.807) is 30.3 Å². The zero-order chi connectivity index (χ0) is 12.8. The molecule has 18 heavy (non-hydrogen) atoms. The van der Waals surface area contributed by atoms with Gasteiger partial charge in [-0.15, -0.1) is 0 Å². The van der Waals surface area contributed by atoms with Crippen LogP contribution in [-0.4, -0.2) is 11.1 Å². The predicted octanol–water partition coefficient (Wildman–Crippen LogP) is 2.54. The van der Waals surface area contributed by atoms with Gasteiger partial charge in [0.25, 0.3) is 0 Å². The van der Waals surface area contributed by atoms with E-state index in [9.17, 15) is 9.90 Å². The second-order valence-electron chi connectivity index (χ2n) is 3.62. The van der Waals surface area contributed by atoms with Crippen molar-refractivity contribution in [1.29, 1.82) is 0 Å². The Bertz CT molecular complexity index is 529. The number of amides is 2. The summed E-state index contributed by atoms with van der Waals surface area (Å²) < 4.78 is 0. The van der Waals surface area contributed by atoms with Crippen molar-refractivity contribution in [3.63, 3.8) is 0 Å². The first-order chi connectivity index (χ1) is 8.74. The molecule has 0 aliphatic rings. The number of hydrazine groups is 1. The van der Waals surface area contributed by atoms with Gasteiger partial charge in [0.15, 0.2) is 0 Å². The van der Waals surface area contributed by atoms with Gasteiger partial charge < -0.3 is 10.4 Å². The Kier molecular flexibility index (Phi) is 3.66. The number of nitrogens with one attached hydrogen (secondary N) is 3. The molecule has 2 amide bonds. The second-order valence-corrected chi connectivity index (χ2v) is 3.62. The quantitative estimate of drug-likeness (QED) is 0.626. The highest BCUT2D eigenvalue weighted by molar-refractivity contribution is 5.89. The van der Waals surface area contributed by atoms with E-state index in [2.05, 4.69) is 16.2 Å². The summed E-state index contributed by atoms with van der Waals surface area (Å²) in [6.45, 7) is 0. The van der Waals surface area contributed by atoms with Gasteiger partial charge in [-0.1, -0.05) is 24.3 Å². The van der Waals surface area contributed by atoms with Crippen molar-refractivity contribution in [3.05, 3.63) is 54.6 Å². The number of hydrogen-bond acceptors (Lipinski definition) is 3. The molecule has 0 bridgehead atoms. The summed E-state index contributed by atoms with van der Waals surface area (Å²) in [7, 11) is 0. The second kappa shape index (κ2) is 5.58. The van der Waals surface area contributed by atoms with Gasteiger partial charge in [0.2, 0.25) is 0 Å². The number of rotatable bonds is 3. The highest BCUT2D eigenvalue weighted by Crippen LogP contribution is 2.14. The highest BCUT2D eigenvalue weighted by Gasteiger charge is 2.00. The van der Waals surface area contributed by atoms with E-state index in [0.29, 0.717) is 11.4 Å². The minimum atomic E-state index is -0.385. The fourth-order valence-electron chi connectivity index (χ4n) is 1.40. The van der Waals surface area contributed by atoms with Crippen LogP contribution in [0.1, 0.15) is 0 Å². The minimum Gasteiger partial charge on any atom is -0.508 e. The number of phenolic OH excluding ortho intramolecular Hbond substituents is 1. The van der Waals surface area contributed by atoms with Crippen LogP contribution in [0.5, 0.6) is 5.75 Å². The maximum Gasteiger partial charge on any atom is 0.337 e. The number of carbonyl (C=O) groups excluding carboxylic acids is 1. The molecule has 4 N–H and O–H groups in total. The fourth-order valence-corrected chi connectivity index (χ4v) is 1.40. The van der Waals surface area contributed by atoms with Gasteiger partial charge in [0.1, 0.15) is 5.75 Å². The summed E-state index contributed by atoms with van der Waals surface area (Å²) in [6, 6.07) is 15.2. The zero-order valence-corrected chi connectivity index (χ0v) is 9.55. The molecule has 0 spiro atoms. The summed E-state index contributed by atoms with van der Waals surface area (Å²) in [5.74, 6) is 0.130. The van der Waals surface area contributed by atoms with Crippen molar-refractivity contribution < 1.29 is 9.90 Å². The number of benzene rings is 2. The fraction of sp³-hybridized carbons (Fsp3) is 0. The summed E-state index contributed by atoms with van der Waals surface area (Å²) in [5, 5.41) is 11.9. The highest BCUT2D eigenvalue weighted by atomic mass is 16.3. The van der Waals surface area contributed by atoms with Gasteiger partial charge in [-0.25, -0.2) is 4.79 Å². The van der Waals surface area contributed by atoms with Crippen molar-refractivity contribution in [2.45, 2.75) is 0 Å². The molecule has 92 valence electrons. The van der Waals surface area contributed by atoms with Crippen LogP contribution >= 0.6 is 0 Å². The molecule has 2 rings (SSSR count). The van der Waals surface area contributed by atoms with Gasteiger partial charge in [0, 0.05) is 11.8 Å². The molecular formula is C13H13N3O2. The van der Waals surface area contributed by atoms with E-state index in [0.717, 1.165) is 0 Å². The van der Waals surface area contributed by atoms with E-state index < -0.39 is 0 Å². The summed E-state index contributed by atoms with van der Waals surface area (Å²) >= 11 is 0. The molecule has 0 fully saturated rings. The summed E-state index contributed by atoms with van der Waals surface area (Å²) in [6.07, 6.45) is 0. The van der Waals surface area contributed by atoms with Crippen LogP contribution in [0.4, 0.5) is 16.2 Å². The van der Waals surface area contributed by atoms with Crippen molar-refractivity contribution in [2.24, 2.45) is 0 Å². The maximum absolute atomic E-state index is 11.5. The average molecular weight is 243 g/mol. The van der Waals surface area contributed by atoms with Crippen LogP contribution in [0.2, 0.25) is 0 Å². The number of carbonyl (C=O) groups is 1. The molecule has 5 heteroatoms. The average Bonchev–Trinajstić information content (AvgIpc) is 2.38. The smallest absolute Gasteiger partial charge is 0.337 e. The number of para-hydroxylation sites is 1. The van der Waals surface area contributed by atoms with Gasteiger partial charge in [0.05, 0.1) is 5.69 Å². The Morgan fingerprint density at radius 2 is 1.67 bits per heavy atom. The number of phenols is 1. The topological polar surface area (TPSA) is 73.4 Å². The van der Waals surface area contributed by atoms with Gasteiger partial charge >= 0.3 is 6.03 Å².